The summed E-state index contributed by atoms with van der Waals surface area (Å²) < 4.78 is 5.36. The van der Waals surface area contributed by atoms with Crippen molar-refractivity contribution in [2.75, 3.05) is 13.1 Å². The van der Waals surface area contributed by atoms with Gasteiger partial charge in [-0.05, 0) is 38.8 Å². The lowest BCUT2D eigenvalue weighted by Gasteiger charge is -2.40. The minimum absolute atomic E-state index is 0.00111. The number of carbonyl (C=O) groups is 2. The number of hydrogen-bond donors (Lipinski definition) is 1. The smallest absolute Gasteiger partial charge is 0.410 e. The zero-order valence-electron chi connectivity index (χ0n) is 14.6. The van der Waals surface area contributed by atoms with Crippen molar-refractivity contribution in [3.05, 3.63) is 35.4 Å². The molecule has 5 heteroatoms. The molecule has 0 aliphatic carbocycles. The number of ether oxygens (including phenoxy) is 1. The number of hydrogen-bond acceptors (Lipinski definition) is 3. The molecule has 1 N–H and O–H groups in total. The van der Waals surface area contributed by atoms with E-state index in [0.29, 0.717) is 19.0 Å². The molecule has 1 fully saturated rings. The number of amides is 2. The van der Waals surface area contributed by atoms with E-state index < -0.39 is 5.60 Å². The Morgan fingerprint density at radius 1 is 1.22 bits per heavy atom. The van der Waals surface area contributed by atoms with Crippen LogP contribution in [0.4, 0.5) is 4.79 Å². The van der Waals surface area contributed by atoms with E-state index in [0.717, 1.165) is 5.56 Å². The summed E-state index contributed by atoms with van der Waals surface area (Å²) in [4.78, 5) is 24.8. The van der Waals surface area contributed by atoms with Crippen molar-refractivity contribution in [2.24, 2.45) is 0 Å². The first-order valence-electron chi connectivity index (χ1n) is 8.00. The molecule has 0 saturated carbocycles. The number of benzene rings is 1. The summed E-state index contributed by atoms with van der Waals surface area (Å²) in [6.45, 7) is 10.5. The average molecular weight is 318 g/mol. The summed E-state index contributed by atoms with van der Waals surface area (Å²) in [5.41, 5.74) is 1.83. The molecule has 1 aromatic rings. The normalized spacial score (nSPS) is 16.5. The zero-order chi connectivity index (χ0) is 17.2. The fourth-order valence-corrected chi connectivity index (χ4v) is 2.61. The molecule has 0 spiro atoms. The van der Waals surface area contributed by atoms with Crippen LogP contribution in [0, 0.1) is 0 Å². The maximum absolute atomic E-state index is 11.9. The Morgan fingerprint density at radius 2 is 1.78 bits per heavy atom. The van der Waals surface area contributed by atoms with Gasteiger partial charge in [-0.15, -0.1) is 0 Å². The monoisotopic (exact) mass is 318 g/mol. The molecule has 1 heterocycles. The first kappa shape index (κ1) is 17.3. The number of likely N-dealkylation sites (tertiary alicyclic amines) is 1. The average Bonchev–Trinajstić information content (AvgIpc) is 2.34. The molecule has 1 unspecified atom stereocenters. The van der Waals surface area contributed by atoms with Crippen LogP contribution in [-0.4, -0.2) is 35.6 Å². The Balaban J connectivity index is 1.88. The minimum Gasteiger partial charge on any atom is -0.444 e. The van der Waals surface area contributed by atoms with Gasteiger partial charge in [-0.2, -0.15) is 0 Å². The van der Waals surface area contributed by atoms with E-state index in [4.69, 9.17) is 4.74 Å². The Kier molecular flexibility index (Phi) is 4.97. The third kappa shape index (κ3) is 4.71. The van der Waals surface area contributed by atoms with Crippen molar-refractivity contribution in [1.82, 2.24) is 10.2 Å². The SMILES string of the molecule is CC(=O)NC(C)c1ccc(C2CN(C(=O)OC(C)(C)C)C2)cc1. The summed E-state index contributed by atoms with van der Waals surface area (Å²) in [6, 6.07) is 8.22. The third-order valence-electron chi connectivity index (χ3n) is 3.86. The van der Waals surface area contributed by atoms with E-state index in [1.807, 2.05) is 39.8 Å². The largest absolute Gasteiger partial charge is 0.444 e. The van der Waals surface area contributed by atoms with Crippen LogP contribution >= 0.6 is 0 Å². The van der Waals surface area contributed by atoms with Crippen molar-refractivity contribution < 1.29 is 14.3 Å². The predicted octanol–water partition coefficient (Wildman–Crippen LogP) is 3.22. The van der Waals surface area contributed by atoms with Crippen molar-refractivity contribution in [1.29, 1.82) is 0 Å². The van der Waals surface area contributed by atoms with Gasteiger partial charge in [-0.1, -0.05) is 24.3 Å². The highest BCUT2D eigenvalue weighted by atomic mass is 16.6. The van der Waals surface area contributed by atoms with Crippen LogP contribution in [0.2, 0.25) is 0 Å². The quantitative estimate of drug-likeness (QED) is 0.931. The van der Waals surface area contributed by atoms with Gasteiger partial charge in [0.1, 0.15) is 5.60 Å². The molecule has 0 radical (unpaired) electrons. The van der Waals surface area contributed by atoms with E-state index in [9.17, 15) is 9.59 Å². The number of nitrogens with one attached hydrogen (secondary N) is 1. The molecule has 23 heavy (non-hydrogen) atoms. The van der Waals surface area contributed by atoms with Crippen molar-refractivity contribution >= 4 is 12.0 Å². The van der Waals surface area contributed by atoms with Gasteiger partial charge in [0.2, 0.25) is 5.91 Å². The van der Waals surface area contributed by atoms with E-state index in [-0.39, 0.29) is 18.0 Å². The molecule has 2 amide bonds. The molecule has 126 valence electrons. The van der Waals surface area contributed by atoms with Crippen LogP contribution in [-0.2, 0) is 9.53 Å². The van der Waals surface area contributed by atoms with Crippen molar-refractivity contribution in [3.8, 4) is 0 Å². The van der Waals surface area contributed by atoms with Gasteiger partial charge in [-0.3, -0.25) is 4.79 Å². The number of rotatable bonds is 3. The zero-order valence-corrected chi connectivity index (χ0v) is 14.6. The Labute approximate surface area is 138 Å². The van der Waals surface area contributed by atoms with Gasteiger partial charge in [0.05, 0.1) is 6.04 Å². The number of nitrogens with zero attached hydrogens (tertiary/aromatic N) is 1. The molecule has 5 nitrogen and oxygen atoms in total. The van der Waals surface area contributed by atoms with Crippen LogP contribution in [0.3, 0.4) is 0 Å². The lowest BCUT2D eigenvalue weighted by atomic mass is 9.90. The molecule has 1 aromatic carbocycles. The fourth-order valence-electron chi connectivity index (χ4n) is 2.61. The number of carbonyl (C=O) groups excluding carboxylic acids is 2. The maximum Gasteiger partial charge on any atom is 0.410 e. The Bertz CT molecular complexity index is 569. The van der Waals surface area contributed by atoms with E-state index >= 15 is 0 Å². The maximum atomic E-state index is 11.9. The molecular weight excluding hydrogens is 292 g/mol. The summed E-state index contributed by atoms with van der Waals surface area (Å²) in [5, 5.41) is 2.87. The molecule has 1 atom stereocenters. The second kappa shape index (κ2) is 6.60. The van der Waals surface area contributed by atoms with E-state index in [1.165, 1.54) is 12.5 Å². The molecule has 0 aromatic heterocycles. The highest BCUT2D eigenvalue weighted by molar-refractivity contribution is 5.73. The highest BCUT2D eigenvalue weighted by Gasteiger charge is 2.34. The van der Waals surface area contributed by atoms with Gasteiger partial charge in [0, 0.05) is 25.9 Å². The van der Waals surface area contributed by atoms with Crippen LogP contribution in [0.1, 0.15) is 57.7 Å². The third-order valence-corrected chi connectivity index (χ3v) is 3.86. The second-order valence-electron chi connectivity index (χ2n) is 7.17. The topological polar surface area (TPSA) is 58.6 Å². The summed E-state index contributed by atoms with van der Waals surface area (Å²) >= 11 is 0. The van der Waals surface area contributed by atoms with Gasteiger partial charge < -0.3 is 15.0 Å². The van der Waals surface area contributed by atoms with Gasteiger partial charge in [0.15, 0.2) is 0 Å². The summed E-state index contributed by atoms with van der Waals surface area (Å²) in [6.07, 6.45) is -0.246. The lowest BCUT2D eigenvalue weighted by Crippen LogP contribution is -2.50. The van der Waals surface area contributed by atoms with Gasteiger partial charge >= 0.3 is 6.09 Å². The Hall–Kier alpha value is -2.04. The lowest BCUT2D eigenvalue weighted by molar-refractivity contribution is -0.119. The summed E-state index contributed by atoms with van der Waals surface area (Å²) in [5.74, 6) is 0.321. The fraction of sp³-hybridized carbons (Fsp3) is 0.556. The van der Waals surface area contributed by atoms with E-state index in [2.05, 4.69) is 17.4 Å². The molecule has 1 aliphatic rings. The van der Waals surface area contributed by atoms with Crippen LogP contribution in [0.25, 0.3) is 0 Å². The van der Waals surface area contributed by atoms with Crippen LogP contribution in [0.5, 0.6) is 0 Å². The first-order chi connectivity index (χ1) is 10.7. The first-order valence-corrected chi connectivity index (χ1v) is 8.00. The molecule has 1 saturated heterocycles. The van der Waals surface area contributed by atoms with Gasteiger partial charge in [-0.25, -0.2) is 4.79 Å². The van der Waals surface area contributed by atoms with Crippen molar-refractivity contribution in [2.45, 2.75) is 52.2 Å². The molecule has 2 rings (SSSR count). The summed E-state index contributed by atoms with van der Waals surface area (Å²) in [7, 11) is 0. The minimum atomic E-state index is -0.455. The van der Waals surface area contributed by atoms with Gasteiger partial charge in [0.25, 0.3) is 0 Å². The van der Waals surface area contributed by atoms with Crippen LogP contribution in [0.15, 0.2) is 24.3 Å². The van der Waals surface area contributed by atoms with E-state index in [1.54, 1.807) is 4.90 Å². The highest BCUT2D eigenvalue weighted by Crippen LogP contribution is 2.29. The Morgan fingerprint density at radius 3 is 2.26 bits per heavy atom. The second-order valence-corrected chi connectivity index (χ2v) is 7.17. The predicted molar refractivity (Wildman–Crippen MR) is 89.2 cm³/mol. The molecule has 1 aliphatic heterocycles. The van der Waals surface area contributed by atoms with Crippen LogP contribution < -0.4 is 5.32 Å². The van der Waals surface area contributed by atoms with Crippen molar-refractivity contribution in [3.63, 3.8) is 0 Å². The standard InChI is InChI=1S/C18H26N2O3/c1-12(19-13(2)21)14-6-8-15(9-7-14)16-10-20(11-16)17(22)23-18(3,4)5/h6-9,12,16H,10-11H2,1-5H3,(H,19,21). The molecule has 0 bridgehead atoms. The molecular formula is C18H26N2O3.